The number of thiazole rings is 1. The maximum absolute atomic E-state index is 12.5. The van der Waals surface area contributed by atoms with E-state index in [9.17, 15) is 4.79 Å². The minimum absolute atomic E-state index is 0.185. The number of hydrogen-bond donors (Lipinski definition) is 2. The number of amides is 1. The number of imidazole rings is 1. The highest BCUT2D eigenvalue weighted by Gasteiger charge is 2.18. The molecule has 0 bridgehead atoms. The molecule has 3 aromatic rings. The summed E-state index contributed by atoms with van der Waals surface area (Å²) in [7, 11) is 0. The standard InChI is InChI=1S/C17H18N6OS/c24-16(13-3-6-20-15(9-13)23-8-7-19-11-23)22-17-21-10-14(25-17)12-1-4-18-5-2-12/h3,6-12,18H,1-2,4-5H2,(H,21,22,24). The van der Waals surface area contributed by atoms with Gasteiger partial charge in [-0.3, -0.25) is 14.7 Å². The zero-order valence-corrected chi connectivity index (χ0v) is 14.4. The Morgan fingerprint density at radius 3 is 2.96 bits per heavy atom. The minimum atomic E-state index is -0.185. The molecule has 128 valence electrons. The van der Waals surface area contributed by atoms with Crippen LogP contribution in [-0.4, -0.2) is 38.5 Å². The van der Waals surface area contributed by atoms with Crippen molar-refractivity contribution in [2.45, 2.75) is 18.8 Å². The van der Waals surface area contributed by atoms with Gasteiger partial charge in [-0.05, 0) is 44.0 Å². The second-order valence-corrected chi connectivity index (χ2v) is 6.98. The first-order valence-electron chi connectivity index (χ1n) is 8.22. The van der Waals surface area contributed by atoms with Crippen LogP contribution in [0, 0.1) is 0 Å². The van der Waals surface area contributed by atoms with Crippen molar-refractivity contribution in [1.82, 2.24) is 24.8 Å². The second-order valence-electron chi connectivity index (χ2n) is 5.92. The third kappa shape index (κ3) is 3.59. The van der Waals surface area contributed by atoms with Crippen LogP contribution in [0.3, 0.4) is 0 Å². The van der Waals surface area contributed by atoms with E-state index >= 15 is 0 Å². The summed E-state index contributed by atoms with van der Waals surface area (Å²) in [6.45, 7) is 2.08. The summed E-state index contributed by atoms with van der Waals surface area (Å²) < 4.78 is 1.76. The molecule has 3 aromatic heterocycles. The molecule has 8 heteroatoms. The second kappa shape index (κ2) is 7.12. The number of hydrogen-bond acceptors (Lipinski definition) is 6. The summed E-state index contributed by atoms with van der Waals surface area (Å²) in [5.41, 5.74) is 0.539. The van der Waals surface area contributed by atoms with Gasteiger partial charge in [-0.2, -0.15) is 0 Å². The highest BCUT2D eigenvalue weighted by atomic mass is 32.1. The van der Waals surface area contributed by atoms with Crippen molar-refractivity contribution >= 4 is 22.4 Å². The van der Waals surface area contributed by atoms with E-state index in [1.807, 2.05) is 6.20 Å². The SMILES string of the molecule is O=C(Nc1ncc(C2CCNCC2)s1)c1ccnc(-n2ccnc2)c1. The number of pyridine rings is 1. The van der Waals surface area contributed by atoms with E-state index in [0.717, 1.165) is 25.9 Å². The zero-order valence-electron chi connectivity index (χ0n) is 13.6. The van der Waals surface area contributed by atoms with Crippen LogP contribution >= 0.6 is 11.3 Å². The number of nitrogens with zero attached hydrogens (tertiary/aromatic N) is 4. The average molecular weight is 354 g/mol. The molecule has 0 atom stereocenters. The van der Waals surface area contributed by atoms with E-state index in [1.165, 1.54) is 4.88 Å². The van der Waals surface area contributed by atoms with Gasteiger partial charge in [0, 0.05) is 35.2 Å². The number of nitrogens with one attached hydrogen (secondary N) is 2. The van der Waals surface area contributed by atoms with Gasteiger partial charge in [-0.25, -0.2) is 15.0 Å². The van der Waals surface area contributed by atoms with Crippen molar-refractivity contribution in [3.8, 4) is 5.82 Å². The van der Waals surface area contributed by atoms with E-state index in [4.69, 9.17) is 0 Å². The Balaban J connectivity index is 1.47. The summed E-state index contributed by atoms with van der Waals surface area (Å²) in [4.78, 5) is 26.4. The monoisotopic (exact) mass is 354 g/mol. The molecule has 25 heavy (non-hydrogen) atoms. The van der Waals surface area contributed by atoms with Crippen molar-refractivity contribution in [3.63, 3.8) is 0 Å². The predicted molar refractivity (Wildman–Crippen MR) is 96.3 cm³/mol. The molecule has 1 fully saturated rings. The molecule has 0 unspecified atom stereocenters. The molecule has 0 aromatic carbocycles. The quantitative estimate of drug-likeness (QED) is 0.752. The fourth-order valence-corrected chi connectivity index (χ4v) is 3.88. The first-order chi connectivity index (χ1) is 12.3. The Bertz CT molecular complexity index is 854. The minimum Gasteiger partial charge on any atom is -0.317 e. The smallest absolute Gasteiger partial charge is 0.257 e. The molecule has 1 aliphatic heterocycles. The third-order valence-electron chi connectivity index (χ3n) is 4.26. The van der Waals surface area contributed by atoms with Crippen LogP contribution in [0.4, 0.5) is 5.13 Å². The highest BCUT2D eigenvalue weighted by Crippen LogP contribution is 2.31. The number of carbonyl (C=O) groups excluding carboxylic acids is 1. The van der Waals surface area contributed by atoms with E-state index in [-0.39, 0.29) is 5.91 Å². The number of aromatic nitrogens is 4. The summed E-state index contributed by atoms with van der Waals surface area (Å²) in [6, 6.07) is 3.43. The van der Waals surface area contributed by atoms with Gasteiger partial charge in [0.05, 0.1) is 0 Å². The van der Waals surface area contributed by atoms with Gasteiger partial charge in [0.15, 0.2) is 5.13 Å². The normalized spacial score (nSPS) is 15.2. The van der Waals surface area contributed by atoms with E-state index in [2.05, 4.69) is 25.6 Å². The van der Waals surface area contributed by atoms with Crippen LogP contribution in [0.15, 0.2) is 43.2 Å². The lowest BCUT2D eigenvalue weighted by molar-refractivity contribution is 0.102. The van der Waals surface area contributed by atoms with Crippen LogP contribution in [-0.2, 0) is 0 Å². The van der Waals surface area contributed by atoms with Crippen molar-refractivity contribution in [1.29, 1.82) is 0 Å². The van der Waals surface area contributed by atoms with Gasteiger partial charge in [0.25, 0.3) is 5.91 Å². The average Bonchev–Trinajstić information content (AvgIpc) is 3.35. The Hall–Kier alpha value is -2.58. The summed E-state index contributed by atoms with van der Waals surface area (Å²) >= 11 is 1.56. The molecule has 0 aliphatic carbocycles. The number of piperidine rings is 1. The first-order valence-corrected chi connectivity index (χ1v) is 9.03. The molecule has 2 N–H and O–H groups in total. The first kappa shape index (κ1) is 15.9. The fraction of sp³-hybridized carbons (Fsp3) is 0.294. The molecule has 1 amide bonds. The fourth-order valence-electron chi connectivity index (χ4n) is 2.90. The summed E-state index contributed by atoms with van der Waals surface area (Å²) in [6.07, 6.45) is 10.9. The Morgan fingerprint density at radius 2 is 2.16 bits per heavy atom. The maximum atomic E-state index is 12.5. The number of carbonyl (C=O) groups is 1. The maximum Gasteiger partial charge on any atom is 0.257 e. The summed E-state index contributed by atoms with van der Waals surface area (Å²) in [5.74, 6) is 1.01. The molecule has 1 aliphatic rings. The Labute approximate surface area is 149 Å². The van der Waals surface area contributed by atoms with E-state index in [0.29, 0.717) is 22.4 Å². The van der Waals surface area contributed by atoms with Gasteiger partial charge in [-0.15, -0.1) is 11.3 Å². The lowest BCUT2D eigenvalue weighted by Crippen LogP contribution is -2.26. The van der Waals surface area contributed by atoms with Crippen molar-refractivity contribution < 1.29 is 4.79 Å². The zero-order chi connectivity index (χ0) is 17.1. The van der Waals surface area contributed by atoms with Crippen molar-refractivity contribution in [3.05, 3.63) is 53.7 Å². The van der Waals surface area contributed by atoms with Crippen LogP contribution in [0.5, 0.6) is 0 Å². The number of rotatable bonds is 4. The van der Waals surface area contributed by atoms with Crippen LogP contribution in [0.2, 0.25) is 0 Å². The van der Waals surface area contributed by atoms with Gasteiger partial charge in [-0.1, -0.05) is 0 Å². The van der Waals surface area contributed by atoms with Crippen LogP contribution in [0.1, 0.15) is 34.0 Å². The lowest BCUT2D eigenvalue weighted by atomic mass is 9.97. The molecule has 0 spiro atoms. The predicted octanol–water partition coefficient (Wildman–Crippen LogP) is 2.44. The molecule has 4 rings (SSSR count). The molecule has 7 nitrogen and oxygen atoms in total. The van der Waals surface area contributed by atoms with Gasteiger partial charge in [0.1, 0.15) is 12.1 Å². The molecule has 4 heterocycles. The van der Waals surface area contributed by atoms with E-state index < -0.39 is 0 Å². The van der Waals surface area contributed by atoms with Crippen LogP contribution < -0.4 is 10.6 Å². The molecular formula is C17H18N6OS. The molecular weight excluding hydrogens is 336 g/mol. The topological polar surface area (TPSA) is 84.7 Å². The Kier molecular flexibility index (Phi) is 4.53. The third-order valence-corrected chi connectivity index (χ3v) is 5.34. The highest BCUT2D eigenvalue weighted by molar-refractivity contribution is 7.15. The molecule has 0 saturated carbocycles. The largest absolute Gasteiger partial charge is 0.317 e. The van der Waals surface area contributed by atoms with Gasteiger partial charge < -0.3 is 5.32 Å². The van der Waals surface area contributed by atoms with Crippen molar-refractivity contribution in [2.75, 3.05) is 18.4 Å². The Morgan fingerprint density at radius 1 is 1.28 bits per heavy atom. The summed E-state index contributed by atoms with van der Waals surface area (Å²) in [5, 5.41) is 6.89. The van der Waals surface area contributed by atoms with Gasteiger partial charge >= 0.3 is 0 Å². The molecule has 0 radical (unpaired) electrons. The van der Waals surface area contributed by atoms with Crippen molar-refractivity contribution in [2.24, 2.45) is 0 Å². The number of anilines is 1. The molecule has 1 saturated heterocycles. The van der Waals surface area contributed by atoms with Gasteiger partial charge in [0.2, 0.25) is 0 Å². The lowest BCUT2D eigenvalue weighted by Gasteiger charge is -2.20. The van der Waals surface area contributed by atoms with E-state index in [1.54, 1.807) is 53.0 Å². The van der Waals surface area contributed by atoms with Crippen LogP contribution in [0.25, 0.3) is 5.82 Å².